The van der Waals surface area contributed by atoms with E-state index in [1.165, 1.54) is 37.5 Å². The lowest BCUT2D eigenvalue weighted by Crippen LogP contribution is -2.43. The van der Waals surface area contributed by atoms with Crippen LogP contribution in [0.25, 0.3) is 0 Å². The Morgan fingerprint density at radius 3 is 2.79 bits per heavy atom. The third-order valence-electron chi connectivity index (χ3n) is 3.84. The van der Waals surface area contributed by atoms with Crippen molar-refractivity contribution in [2.75, 3.05) is 45.3 Å². The average Bonchev–Trinajstić information content (AvgIpc) is 2.93. The predicted octanol–water partition coefficient (Wildman–Crippen LogP) is 1.65. The highest BCUT2D eigenvalue weighted by atomic mass is 32.1. The van der Waals surface area contributed by atoms with Crippen molar-refractivity contribution in [1.29, 1.82) is 0 Å². The van der Waals surface area contributed by atoms with Crippen LogP contribution in [0.2, 0.25) is 0 Å². The molecule has 0 radical (unpaired) electrons. The SMILES string of the molecule is CCN1CCC(N(C)c2nc(CCOC)ns2)CC1. The van der Waals surface area contributed by atoms with Gasteiger partial charge in [-0.05, 0) is 19.4 Å². The van der Waals surface area contributed by atoms with E-state index in [1.54, 1.807) is 7.11 Å². The van der Waals surface area contributed by atoms with Crippen LogP contribution in [-0.4, -0.2) is 60.7 Å². The Balaban J connectivity index is 1.88. The van der Waals surface area contributed by atoms with Gasteiger partial charge in [0, 0.05) is 51.2 Å². The summed E-state index contributed by atoms with van der Waals surface area (Å²) in [6.45, 7) is 6.48. The van der Waals surface area contributed by atoms with Gasteiger partial charge in [0.15, 0.2) is 0 Å². The second-order valence-corrected chi connectivity index (χ2v) is 5.74. The first kappa shape index (κ1) is 14.7. The fourth-order valence-corrected chi connectivity index (χ4v) is 3.21. The van der Waals surface area contributed by atoms with Gasteiger partial charge in [-0.15, -0.1) is 0 Å². The van der Waals surface area contributed by atoms with E-state index in [1.807, 2.05) is 0 Å². The Morgan fingerprint density at radius 1 is 1.42 bits per heavy atom. The summed E-state index contributed by atoms with van der Waals surface area (Å²) in [6.07, 6.45) is 3.24. The molecule has 0 aliphatic carbocycles. The molecule has 0 spiro atoms. The molecule has 0 unspecified atom stereocenters. The summed E-state index contributed by atoms with van der Waals surface area (Å²) in [5.74, 6) is 0.902. The van der Waals surface area contributed by atoms with Crippen molar-refractivity contribution < 1.29 is 4.74 Å². The molecular formula is C13H24N4OS. The maximum Gasteiger partial charge on any atom is 0.205 e. The summed E-state index contributed by atoms with van der Waals surface area (Å²) in [4.78, 5) is 9.42. The van der Waals surface area contributed by atoms with Gasteiger partial charge in [-0.3, -0.25) is 0 Å². The second kappa shape index (κ2) is 7.17. The van der Waals surface area contributed by atoms with Crippen LogP contribution in [0.3, 0.4) is 0 Å². The largest absolute Gasteiger partial charge is 0.384 e. The number of methoxy groups -OCH3 is 1. The maximum atomic E-state index is 5.06. The van der Waals surface area contributed by atoms with Gasteiger partial charge in [0.05, 0.1) is 6.61 Å². The molecule has 1 saturated heterocycles. The number of likely N-dealkylation sites (tertiary alicyclic amines) is 1. The van der Waals surface area contributed by atoms with Crippen LogP contribution in [0.15, 0.2) is 0 Å². The Morgan fingerprint density at radius 2 is 2.16 bits per heavy atom. The molecular weight excluding hydrogens is 260 g/mol. The first-order valence-corrected chi connectivity index (χ1v) is 7.78. The quantitative estimate of drug-likeness (QED) is 0.794. The summed E-state index contributed by atoms with van der Waals surface area (Å²) < 4.78 is 9.46. The van der Waals surface area contributed by atoms with E-state index in [2.05, 4.69) is 33.1 Å². The van der Waals surface area contributed by atoms with E-state index in [4.69, 9.17) is 4.74 Å². The Kier molecular flexibility index (Phi) is 5.54. The molecule has 1 aliphatic heterocycles. The van der Waals surface area contributed by atoms with Crippen molar-refractivity contribution in [1.82, 2.24) is 14.3 Å². The van der Waals surface area contributed by atoms with Crippen LogP contribution in [-0.2, 0) is 11.2 Å². The normalized spacial score (nSPS) is 17.8. The molecule has 108 valence electrons. The van der Waals surface area contributed by atoms with Crippen LogP contribution in [0.5, 0.6) is 0 Å². The minimum absolute atomic E-state index is 0.603. The van der Waals surface area contributed by atoms with Gasteiger partial charge in [-0.25, -0.2) is 4.98 Å². The van der Waals surface area contributed by atoms with Crippen molar-refractivity contribution >= 4 is 16.7 Å². The summed E-state index contributed by atoms with van der Waals surface area (Å²) in [6, 6.07) is 0.603. The summed E-state index contributed by atoms with van der Waals surface area (Å²) in [5.41, 5.74) is 0. The lowest BCUT2D eigenvalue weighted by atomic mass is 10.0. The molecule has 6 heteroatoms. The van der Waals surface area contributed by atoms with Gasteiger partial charge >= 0.3 is 0 Å². The number of nitrogens with zero attached hydrogens (tertiary/aromatic N) is 4. The van der Waals surface area contributed by atoms with Crippen molar-refractivity contribution in [2.45, 2.75) is 32.2 Å². The monoisotopic (exact) mass is 284 g/mol. The van der Waals surface area contributed by atoms with E-state index < -0.39 is 0 Å². The van der Waals surface area contributed by atoms with Crippen LogP contribution >= 0.6 is 11.5 Å². The highest BCUT2D eigenvalue weighted by Gasteiger charge is 2.23. The zero-order chi connectivity index (χ0) is 13.7. The van der Waals surface area contributed by atoms with E-state index in [9.17, 15) is 0 Å². The smallest absolute Gasteiger partial charge is 0.205 e. The minimum atomic E-state index is 0.603. The Hall–Kier alpha value is -0.720. The van der Waals surface area contributed by atoms with Crippen LogP contribution in [0.1, 0.15) is 25.6 Å². The first-order valence-electron chi connectivity index (χ1n) is 7.01. The molecule has 1 aromatic heterocycles. The summed E-state index contributed by atoms with van der Waals surface area (Å²) >= 11 is 1.50. The number of ether oxygens (including phenoxy) is 1. The molecule has 0 atom stereocenters. The van der Waals surface area contributed by atoms with E-state index >= 15 is 0 Å². The number of rotatable bonds is 6. The van der Waals surface area contributed by atoms with E-state index in [0.29, 0.717) is 12.6 Å². The minimum Gasteiger partial charge on any atom is -0.384 e. The first-order chi connectivity index (χ1) is 9.24. The Labute approximate surface area is 119 Å². The molecule has 5 nitrogen and oxygen atoms in total. The fraction of sp³-hybridized carbons (Fsp3) is 0.846. The molecule has 1 fully saturated rings. The third kappa shape index (κ3) is 3.87. The molecule has 0 saturated carbocycles. The molecule has 0 N–H and O–H groups in total. The molecule has 1 aromatic rings. The van der Waals surface area contributed by atoms with Crippen LogP contribution in [0, 0.1) is 0 Å². The molecule has 19 heavy (non-hydrogen) atoms. The number of aromatic nitrogens is 2. The second-order valence-electron chi connectivity index (χ2n) is 5.01. The van der Waals surface area contributed by atoms with E-state index in [-0.39, 0.29) is 0 Å². The maximum absolute atomic E-state index is 5.06. The van der Waals surface area contributed by atoms with Gasteiger partial charge in [-0.2, -0.15) is 4.37 Å². The fourth-order valence-electron chi connectivity index (χ4n) is 2.46. The topological polar surface area (TPSA) is 41.5 Å². The van der Waals surface area contributed by atoms with Gasteiger partial charge in [0.2, 0.25) is 5.13 Å². The number of hydrogen-bond acceptors (Lipinski definition) is 6. The van der Waals surface area contributed by atoms with E-state index in [0.717, 1.165) is 23.9 Å². The Bertz CT molecular complexity index is 376. The molecule has 0 bridgehead atoms. The highest BCUT2D eigenvalue weighted by Crippen LogP contribution is 2.23. The molecule has 0 aromatic carbocycles. The van der Waals surface area contributed by atoms with Gasteiger partial charge in [-0.1, -0.05) is 6.92 Å². The van der Waals surface area contributed by atoms with Crippen LogP contribution in [0.4, 0.5) is 5.13 Å². The summed E-state index contributed by atoms with van der Waals surface area (Å²) in [5, 5.41) is 1.04. The molecule has 2 heterocycles. The highest BCUT2D eigenvalue weighted by molar-refractivity contribution is 7.09. The standard InChI is InChI=1S/C13H24N4OS/c1-4-17-8-5-11(6-9-17)16(2)13-14-12(15-19-13)7-10-18-3/h11H,4-10H2,1-3H3. The predicted molar refractivity (Wildman–Crippen MR) is 79.0 cm³/mol. The van der Waals surface area contributed by atoms with Gasteiger partial charge in [0.1, 0.15) is 5.82 Å². The summed E-state index contributed by atoms with van der Waals surface area (Å²) in [7, 11) is 3.85. The van der Waals surface area contributed by atoms with Crippen molar-refractivity contribution in [2.24, 2.45) is 0 Å². The van der Waals surface area contributed by atoms with Gasteiger partial charge in [0.25, 0.3) is 0 Å². The molecule has 2 rings (SSSR count). The van der Waals surface area contributed by atoms with Crippen molar-refractivity contribution in [3.05, 3.63) is 5.82 Å². The zero-order valence-electron chi connectivity index (χ0n) is 12.1. The number of piperidine rings is 1. The molecule has 1 aliphatic rings. The average molecular weight is 284 g/mol. The third-order valence-corrected chi connectivity index (χ3v) is 4.69. The van der Waals surface area contributed by atoms with Gasteiger partial charge < -0.3 is 14.5 Å². The number of anilines is 1. The number of hydrogen-bond donors (Lipinski definition) is 0. The van der Waals surface area contributed by atoms with Crippen molar-refractivity contribution in [3.63, 3.8) is 0 Å². The lowest BCUT2D eigenvalue weighted by molar-refractivity contribution is 0.201. The molecule has 0 amide bonds. The lowest BCUT2D eigenvalue weighted by Gasteiger charge is -2.35. The van der Waals surface area contributed by atoms with Crippen LogP contribution < -0.4 is 4.90 Å². The van der Waals surface area contributed by atoms with Crippen molar-refractivity contribution in [3.8, 4) is 0 Å². The zero-order valence-corrected chi connectivity index (χ0v) is 12.9.